The van der Waals surface area contributed by atoms with E-state index in [4.69, 9.17) is 23.2 Å². The van der Waals surface area contributed by atoms with E-state index in [1.807, 2.05) is 6.92 Å². The van der Waals surface area contributed by atoms with Gasteiger partial charge in [0.15, 0.2) is 9.84 Å². The smallest absolute Gasteiger partial charge is 0.251 e. The van der Waals surface area contributed by atoms with Crippen molar-refractivity contribution in [1.29, 1.82) is 0 Å². The molecular weight excluding hydrogens is 369 g/mol. The Hall–Kier alpha value is -1.56. The lowest BCUT2D eigenvalue weighted by molar-refractivity contribution is 0.0940. The van der Waals surface area contributed by atoms with Crippen molar-refractivity contribution in [3.05, 3.63) is 69.2 Å². The monoisotopic (exact) mass is 385 g/mol. The van der Waals surface area contributed by atoms with Crippen LogP contribution in [-0.2, 0) is 15.6 Å². The SMILES string of the molecule is CC(NC(=O)c1ccc(CS(C)(=O)=O)cc1)c1ccc(Cl)cc1Cl. The van der Waals surface area contributed by atoms with Crippen molar-refractivity contribution in [3.63, 3.8) is 0 Å². The molecule has 2 aromatic rings. The van der Waals surface area contributed by atoms with Crippen LogP contribution >= 0.6 is 23.2 Å². The van der Waals surface area contributed by atoms with Crippen molar-refractivity contribution < 1.29 is 13.2 Å². The number of amides is 1. The van der Waals surface area contributed by atoms with Gasteiger partial charge >= 0.3 is 0 Å². The molecule has 2 aromatic carbocycles. The van der Waals surface area contributed by atoms with E-state index in [1.54, 1.807) is 42.5 Å². The van der Waals surface area contributed by atoms with Crippen LogP contribution in [0.1, 0.15) is 34.5 Å². The second kappa shape index (κ2) is 7.55. The van der Waals surface area contributed by atoms with Crippen LogP contribution in [0.2, 0.25) is 10.0 Å². The van der Waals surface area contributed by atoms with E-state index in [0.29, 0.717) is 21.2 Å². The third-order valence-corrected chi connectivity index (χ3v) is 4.84. The van der Waals surface area contributed by atoms with Crippen molar-refractivity contribution in [2.75, 3.05) is 6.26 Å². The maximum absolute atomic E-state index is 12.3. The van der Waals surface area contributed by atoms with E-state index in [9.17, 15) is 13.2 Å². The Bertz CT molecular complexity index is 849. The average molecular weight is 386 g/mol. The Balaban J connectivity index is 2.09. The number of carbonyl (C=O) groups is 1. The molecule has 7 heteroatoms. The summed E-state index contributed by atoms with van der Waals surface area (Å²) >= 11 is 12.0. The summed E-state index contributed by atoms with van der Waals surface area (Å²) in [7, 11) is -3.10. The molecule has 0 fully saturated rings. The molecule has 0 spiro atoms. The fourth-order valence-corrected chi connectivity index (χ4v) is 3.64. The lowest BCUT2D eigenvalue weighted by atomic mass is 10.1. The lowest BCUT2D eigenvalue weighted by Gasteiger charge is -2.16. The molecule has 0 saturated carbocycles. The molecule has 0 aromatic heterocycles. The highest BCUT2D eigenvalue weighted by atomic mass is 35.5. The lowest BCUT2D eigenvalue weighted by Crippen LogP contribution is -2.26. The fourth-order valence-electron chi connectivity index (χ4n) is 2.27. The first-order valence-electron chi connectivity index (χ1n) is 7.18. The zero-order valence-electron chi connectivity index (χ0n) is 13.2. The summed E-state index contributed by atoms with van der Waals surface area (Å²) in [6, 6.07) is 11.3. The molecule has 1 unspecified atom stereocenters. The van der Waals surface area contributed by atoms with E-state index in [-0.39, 0.29) is 17.7 Å². The Morgan fingerprint density at radius 1 is 1.12 bits per heavy atom. The Morgan fingerprint density at radius 3 is 2.29 bits per heavy atom. The van der Waals surface area contributed by atoms with Gasteiger partial charge in [-0.15, -0.1) is 0 Å². The first-order valence-corrected chi connectivity index (χ1v) is 10.00. The molecule has 1 amide bonds. The summed E-state index contributed by atoms with van der Waals surface area (Å²) in [4.78, 5) is 12.3. The van der Waals surface area contributed by atoms with Crippen molar-refractivity contribution in [1.82, 2.24) is 5.32 Å². The molecule has 24 heavy (non-hydrogen) atoms. The number of sulfone groups is 1. The molecule has 0 radical (unpaired) electrons. The molecule has 1 N–H and O–H groups in total. The largest absolute Gasteiger partial charge is 0.345 e. The summed E-state index contributed by atoms with van der Waals surface area (Å²) in [6.07, 6.45) is 1.17. The third kappa shape index (κ3) is 5.23. The summed E-state index contributed by atoms with van der Waals surface area (Å²) in [5, 5.41) is 3.87. The minimum atomic E-state index is -3.10. The van der Waals surface area contributed by atoms with Crippen LogP contribution in [0.3, 0.4) is 0 Å². The molecule has 1 atom stereocenters. The van der Waals surface area contributed by atoms with Crippen LogP contribution < -0.4 is 5.32 Å². The van der Waals surface area contributed by atoms with Crippen molar-refractivity contribution >= 4 is 38.9 Å². The number of halogens is 2. The zero-order chi connectivity index (χ0) is 17.9. The third-order valence-electron chi connectivity index (χ3n) is 3.42. The molecule has 2 rings (SSSR count). The van der Waals surface area contributed by atoms with Gasteiger partial charge in [0.2, 0.25) is 0 Å². The molecule has 4 nitrogen and oxygen atoms in total. The number of rotatable bonds is 5. The molecule has 0 aliphatic rings. The van der Waals surface area contributed by atoms with Gasteiger partial charge in [-0.1, -0.05) is 41.4 Å². The zero-order valence-corrected chi connectivity index (χ0v) is 15.5. The molecule has 0 aliphatic heterocycles. The van der Waals surface area contributed by atoms with E-state index in [0.717, 1.165) is 5.56 Å². The number of benzene rings is 2. The van der Waals surface area contributed by atoms with Crippen LogP contribution in [0, 0.1) is 0 Å². The topological polar surface area (TPSA) is 63.2 Å². The van der Waals surface area contributed by atoms with E-state index in [1.165, 1.54) is 6.26 Å². The predicted octanol–water partition coefficient (Wildman–Crippen LogP) is 4.03. The number of hydrogen-bond acceptors (Lipinski definition) is 3. The molecule has 0 bridgehead atoms. The second-order valence-corrected chi connectivity index (χ2v) is 8.61. The van der Waals surface area contributed by atoms with Crippen molar-refractivity contribution in [2.24, 2.45) is 0 Å². The second-order valence-electron chi connectivity index (χ2n) is 5.63. The maximum atomic E-state index is 12.3. The molecule has 0 saturated heterocycles. The van der Waals surface area contributed by atoms with Crippen molar-refractivity contribution in [3.8, 4) is 0 Å². The van der Waals surface area contributed by atoms with E-state index in [2.05, 4.69) is 5.32 Å². The minimum absolute atomic E-state index is 0.0499. The highest BCUT2D eigenvalue weighted by Crippen LogP contribution is 2.26. The van der Waals surface area contributed by atoms with Gasteiger partial charge in [-0.2, -0.15) is 0 Å². The van der Waals surface area contributed by atoms with Crippen LogP contribution in [-0.4, -0.2) is 20.6 Å². The molecule has 0 aliphatic carbocycles. The average Bonchev–Trinajstić information content (AvgIpc) is 2.45. The maximum Gasteiger partial charge on any atom is 0.251 e. The summed E-state index contributed by atoms with van der Waals surface area (Å²) in [6.45, 7) is 1.82. The predicted molar refractivity (Wildman–Crippen MR) is 97.3 cm³/mol. The van der Waals surface area contributed by atoms with Gasteiger partial charge in [0.25, 0.3) is 5.91 Å². The summed E-state index contributed by atoms with van der Waals surface area (Å²) in [5.74, 6) is -0.314. The molecule has 128 valence electrons. The Morgan fingerprint density at radius 2 is 1.75 bits per heavy atom. The first-order chi connectivity index (χ1) is 11.2. The first kappa shape index (κ1) is 18.8. The summed E-state index contributed by atoms with van der Waals surface area (Å²) in [5.41, 5.74) is 1.86. The number of hydrogen-bond donors (Lipinski definition) is 1. The van der Waals surface area contributed by atoms with E-state index < -0.39 is 9.84 Å². The quantitative estimate of drug-likeness (QED) is 0.844. The number of carbonyl (C=O) groups excluding carboxylic acids is 1. The molecule has 0 heterocycles. The van der Waals surface area contributed by atoms with Crippen LogP contribution in [0.5, 0.6) is 0 Å². The normalized spacial score (nSPS) is 12.7. The van der Waals surface area contributed by atoms with Gasteiger partial charge in [-0.3, -0.25) is 4.79 Å². The Kier molecular flexibility index (Phi) is 5.91. The van der Waals surface area contributed by atoms with Gasteiger partial charge in [0, 0.05) is 21.9 Å². The summed E-state index contributed by atoms with van der Waals surface area (Å²) < 4.78 is 22.6. The standard InChI is InChI=1S/C17H17Cl2NO3S/c1-11(15-8-7-14(18)9-16(15)19)20-17(21)13-5-3-12(4-6-13)10-24(2,22)23/h3-9,11H,10H2,1-2H3,(H,20,21). The van der Waals surface area contributed by atoms with Gasteiger partial charge in [0.1, 0.15) is 0 Å². The van der Waals surface area contributed by atoms with Crippen LogP contribution in [0.4, 0.5) is 0 Å². The van der Waals surface area contributed by atoms with Crippen LogP contribution in [0.15, 0.2) is 42.5 Å². The van der Waals surface area contributed by atoms with Gasteiger partial charge in [0.05, 0.1) is 11.8 Å². The Labute approximate surface area is 151 Å². The van der Waals surface area contributed by atoms with Crippen LogP contribution in [0.25, 0.3) is 0 Å². The van der Waals surface area contributed by atoms with Crippen molar-refractivity contribution in [2.45, 2.75) is 18.7 Å². The van der Waals surface area contributed by atoms with Gasteiger partial charge in [-0.05, 0) is 42.3 Å². The minimum Gasteiger partial charge on any atom is -0.345 e. The van der Waals surface area contributed by atoms with Gasteiger partial charge < -0.3 is 5.32 Å². The number of nitrogens with one attached hydrogen (secondary N) is 1. The fraction of sp³-hybridized carbons (Fsp3) is 0.235. The van der Waals surface area contributed by atoms with E-state index >= 15 is 0 Å². The molecular formula is C17H17Cl2NO3S. The highest BCUT2D eigenvalue weighted by Gasteiger charge is 2.14. The highest BCUT2D eigenvalue weighted by molar-refractivity contribution is 7.89. The van der Waals surface area contributed by atoms with Gasteiger partial charge in [-0.25, -0.2) is 8.42 Å².